The molecule has 1 aromatic carbocycles. The molecule has 0 aromatic heterocycles. The quantitative estimate of drug-likeness (QED) is 0.844. The van der Waals surface area contributed by atoms with Crippen LogP contribution in [0, 0.1) is 0 Å². The van der Waals surface area contributed by atoms with E-state index in [0.29, 0.717) is 0 Å². The Morgan fingerprint density at radius 2 is 2.06 bits per heavy atom. The molecular weight excluding hydrogens is 198 g/mol. The summed E-state index contributed by atoms with van der Waals surface area (Å²) in [6, 6.07) is 8.81. The van der Waals surface area contributed by atoms with Crippen LogP contribution in [0.15, 0.2) is 24.3 Å². The van der Waals surface area contributed by atoms with Crippen LogP contribution in [0.4, 0.5) is 5.69 Å². The lowest BCUT2D eigenvalue weighted by atomic mass is 9.87. The van der Waals surface area contributed by atoms with Crippen molar-refractivity contribution < 1.29 is 5.11 Å². The maximum Gasteiger partial charge on any atom is 0.0634 e. The van der Waals surface area contributed by atoms with Crippen LogP contribution in [-0.2, 0) is 5.41 Å². The summed E-state index contributed by atoms with van der Waals surface area (Å²) in [5.74, 6) is 0. The zero-order valence-electron chi connectivity index (χ0n) is 10.4. The first-order valence-corrected chi connectivity index (χ1v) is 6.07. The van der Waals surface area contributed by atoms with Crippen LogP contribution >= 0.6 is 0 Å². The summed E-state index contributed by atoms with van der Waals surface area (Å²) in [5.41, 5.74) is 2.90. The first-order chi connectivity index (χ1) is 7.60. The van der Waals surface area contributed by atoms with Gasteiger partial charge in [0.25, 0.3) is 0 Å². The summed E-state index contributed by atoms with van der Waals surface area (Å²) < 4.78 is 0. The average molecular weight is 219 g/mol. The minimum absolute atomic E-state index is 0.194. The molecule has 1 aliphatic heterocycles. The first-order valence-electron chi connectivity index (χ1n) is 6.07. The lowest BCUT2D eigenvalue weighted by Gasteiger charge is -2.29. The standard InChI is InChI=1S/C14H21NO/c1-4-11(9-16)15-10-14(2,3)12-7-5-6-8-13(12)15/h5-8,11,16H,4,9-10H2,1-3H3. The highest BCUT2D eigenvalue weighted by Gasteiger charge is 2.36. The van der Waals surface area contributed by atoms with E-state index in [2.05, 4.69) is 49.9 Å². The third kappa shape index (κ3) is 1.71. The van der Waals surface area contributed by atoms with Crippen LogP contribution < -0.4 is 4.90 Å². The molecule has 0 radical (unpaired) electrons. The molecule has 2 heteroatoms. The van der Waals surface area contributed by atoms with Crippen LogP contribution in [0.3, 0.4) is 0 Å². The van der Waals surface area contributed by atoms with Gasteiger partial charge in [0.2, 0.25) is 0 Å². The Balaban J connectivity index is 2.40. The van der Waals surface area contributed by atoms with E-state index in [9.17, 15) is 5.11 Å². The van der Waals surface area contributed by atoms with Gasteiger partial charge in [0.15, 0.2) is 0 Å². The van der Waals surface area contributed by atoms with Crippen molar-refractivity contribution in [3.05, 3.63) is 29.8 Å². The van der Waals surface area contributed by atoms with Gasteiger partial charge in [-0.05, 0) is 18.1 Å². The molecule has 1 atom stereocenters. The molecule has 1 heterocycles. The molecule has 88 valence electrons. The summed E-state index contributed by atoms with van der Waals surface area (Å²) in [4.78, 5) is 2.36. The number of hydrogen-bond acceptors (Lipinski definition) is 2. The number of benzene rings is 1. The van der Waals surface area contributed by atoms with E-state index in [1.807, 2.05) is 0 Å². The van der Waals surface area contributed by atoms with Gasteiger partial charge in [-0.2, -0.15) is 0 Å². The molecule has 0 amide bonds. The molecule has 16 heavy (non-hydrogen) atoms. The van der Waals surface area contributed by atoms with E-state index in [-0.39, 0.29) is 18.1 Å². The normalized spacial score (nSPS) is 19.6. The molecule has 0 bridgehead atoms. The monoisotopic (exact) mass is 219 g/mol. The largest absolute Gasteiger partial charge is 0.394 e. The summed E-state index contributed by atoms with van der Waals surface area (Å²) >= 11 is 0. The molecule has 1 unspecified atom stereocenters. The summed E-state index contributed by atoms with van der Waals surface area (Å²) in [7, 11) is 0. The second-order valence-electron chi connectivity index (χ2n) is 5.27. The molecule has 1 aliphatic rings. The molecule has 0 saturated heterocycles. The van der Waals surface area contributed by atoms with Crippen molar-refractivity contribution >= 4 is 5.69 Å². The predicted molar refractivity (Wildman–Crippen MR) is 68.0 cm³/mol. The highest BCUT2D eigenvalue weighted by atomic mass is 16.3. The Bertz CT molecular complexity index is 369. The van der Waals surface area contributed by atoms with Crippen molar-refractivity contribution in [1.82, 2.24) is 0 Å². The lowest BCUT2D eigenvalue weighted by molar-refractivity contribution is 0.254. The van der Waals surface area contributed by atoms with Crippen LogP contribution in [0.5, 0.6) is 0 Å². The van der Waals surface area contributed by atoms with E-state index in [0.717, 1.165) is 13.0 Å². The Labute approximate surface area is 97.9 Å². The van der Waals surface area contributed by atoms with Crippen molar-refractivity contribution in [3.63, 3.8) is 0 Å². The molecule has 0 aliphatic carbocycles. The van der Waals surface area contributed by atoms with Gasteiger partial charge in [0, 0.05) is 17.6 Å². The molecule has 0 fully saturated rings. The van der Waals surface area contributed by atoms with Crippen molar-refractivity contribution in [1.29, 1.82) is 0 Å². The van der Waals surface area contributed by atoms with Gasteiger partial charge in [-0.1, -0.05) is 39.0 Å². The van der Waals surface area contributed by atoms with Crippen LogP contribution in [-0.4, -0.2) is 24.3 Å². The molecule has 0 saturated carbocycles. The minimum Gasteiger partial charge on any atom is -0.394 e. The van der Waals surface area contributed by atoms with Crippen molar-refractivity contribution in [2.45, 2.75) is 38.6 Å². The molecular formula is C14H21NO. The van der Waals surface area contributed by atoms with E-state index >= 15 is 0 Å². The number of hydrogen-bond donors (Lipinski definition) is 1. The van der Waals surface area contributed by atoms with E-state index in [4.69, 9.17) is 0 Å². The predicted octanol–water partition coefficient (Wildman–Crippen LogP) is 2.56. The Morgan fingerprint density at radius 3 is 2.69 bits per heavy atom. The number of rotatable bonds is 3. The smallest absolute Gasteiger partial charge is 0.0634 e. The number of para-hydroxylation sites is 1. The molecule has 1 N–H and O–H groups in total. The van der Waals surface area contributed by atoms with Gasteiger partial charge < -0.3 is 10.0 Å². The van der Waals surface area contributed by atoms with Crippen LogP contribution in [0.25, 0.3) is 0 Å². The third-order valence-electron chi connectivity index (χ3n) is 3.63. The topological polar surface area (TPSA) is 23.5 Å². The highest BCUT2D eigenvalue weighted by Crippen LogP contribution is 2.41. The van der Waals surface area contributed by atoms with Crippen LogP contribution in [0.1, 0.15) is 32.8 Å². The van der Waals surface area contributed by atoms with Crippen molar-refractivity contribution in [2.24, 2.45) is 0 Å². The fourth-order valence-corrected chi connectivity index (χ4v) is 2.67. The average Bonchev–Trinajstić information content (AvgIpc) is 2.54. The Kier molecular flexibility index (Phi) is 2.94. The SMILES string of the molecule is CCC(CO)N1CC(C)(C)c2ccccc21. The van der Waals surface area contributed by atoms with Gasteiger partial charge in [-0.25, -0.2) is 0 Å². The Morgan fingerprint density at radius 1 is 1.38 bits per heavy atom. The van der Waals surface area contributed by atoms with Crippen molar-refractivity contribution in [3.8, 4) is 0 Å². The van der Waals surface area contributed by atoms with Gasteiger partial charge in [-0.3, -0.25) is 0 Å². The summed E-state index contributed by atoms with van der Waals surface area (Å²) in [5, 5.41) is 9.44. The first kappa shape index (κ1) is 11.5. The number of nitrogens with zero attached hydrogens (tertiary/aromatic N) is 1. The zero-order valence-corrected chi connectivity index (χ0v) is 10.4. The van der Waals surface area contributed by atoms with Crippen molar-refractivity contribution in [2.75, 3.05) is 18.1 Å². The lowest BCUT2D eigenvalue weighted by Crippen LogP contribution is -2.39. The summed E-state index contributed by atoms with van der Waals surface area (Å²) in [6.07, 6.45) is 0.987. The van der Waals surface area contributed by atoms with Crippen LogP contribution in [0.2, 0.25) is 0 Å². The number of fused-ring (bicyclic) bond motifs is 1. The Hall–Kier alpha value is -1.02. The minimum atomic E-state index is 0.194. The third-order valence-corrected chi connectivity index (χ3v) is 3.63. The fraction of sp³-hybridized carbons (Fsp3) is 0.571. The van der Waals surface area contributed by atoms with Gasteiger partial charge in [-0.15, -0.1) is 0 Å². The second-order valence-corrected chi connectivity index (χ2v) is 5.27. The van der Waals surface area contributed by atoms with E-state index in [1.165, 1.54) is 11.3 Å². The zero-order chi connectivity index (χ0) is 11.8. The second kappa shape index (κ2) is 4.10. The van der Waals surface area contributed by atoms with Gasteiger partial charge in [0.1, 0.15) is 0 Å². The van der Waals surface area contributed by atoms with Gasteiger partial charge in [0.05, 0.1) is 12.6 Å². The van der Waals surface area contributed by atoms with E-state index < -0.39 is 0 Å². The number of anilines is 1. The fourth-order valence-electron chi connectivity index (χ4n) is 2.67. The molecule has 2 nitrogen and oxygen atoms in total. The highest BCUT2D eigenvalue weighted by molar-refractivity contribution is 5.62. The molecule has 1 aromatic rings. The molecule has 0 spiro atoms. The van der Waals surface area contributed by atoms with Gasteiger partial charge >= 0.3 is 0 Å². The summed E-state index contributed by atoms with van der Waals surface area (Å²) in [6.45, 7) is 7.92. The maximum absolute atomic E-state index is 9.44. The number of aliphatic hydroxyl groups excluding tert-OH is 1. The maximum atomic E-state index is 9.44. The van der Waals surface area contributed by atoms with E-state index in [1.54, 1.807) is 0 Å². The number of aliphatic hydroxyl groups is 1. The molecule has 2 rings (SSSR count).